The number of nitrogens with one attached hydrogen (secondary N) is 1. The molecular formula is C21H24ClN5O2. The maximum absolute atomic E-state index is 12.5. The smallest absolute Gasteiger partial charge is 0.317 e. The zero-order chi connectivity index (χ0) is 20.6. The van der Waals surface area contributed by atoms with Crippen LogP contribution in [0.3, 0.4) is 0 Å². The number of fused-ring (bicyclic) bond motifs is 1. The molecule has 0 spiro atoms. The van der Waals surface area contributed by atoms with Gasteiger partial charge in [0.05, 0.1) is 11.8 Å². The van der Waals surface area contributed by atoms with Crippen molar-refractivity contribution in [2.24, 2.45) is 0 Å². The van der Waals surface area contributed by atoms with Crippen molar-refractivity contribution >= 4 is 34.4 Å². The van der Waals surface area contributed by atoms with Gasteiger partial charge in [0.2, 0.25) is 0 Å². The molecule has 0 atom stereocenters. The summed E-state index contributed by atoms with van der Waals surface area (Å²) >= 11 is 6.19. The molecule has 3 heterocycles. The summed E-state index contributed by atoms with van der Waals surface area (Å²) in [5, 5.41) is 4.57. The monoisotopic (exact) mass is 413 g/mol. The van der Waals surface area contributed by atoms with Crippen molar-refractivity contribution in [3.63, 3.8) is 0 Å². The van der Waals surface area contributed by atoms with E-state index >= 15 is 0 Å². The number of hydrogen-bond acceptors (Lipinski definition) is 5. The predicted molar refractivity (Wildman–Crippen MR) is 114 cm³/mol. The minimum Gasteiger partial charge on any atom is -0.461 e. The van der Waals surface area contributed by atoms with E-state index in [1.54, 1.807) is 6.26 Å². The summed E-state index contributed by atoms with van der Waals surface area (Å²) in [5.41, 5.74) is 0.510. The van der Waals surface area contributed by atoms with Crippen LogP contribution in [0.15, 0.2) is 41.0 Å². The third kappa shape index (κ3) is 4.29. The molecule has 4 rings (SSSR count). The topological polar surface area (TPSA) is 74.5 Å². The standard InChI is InChI=1S/C21H24ClN5O2/c1-21(2,3)25-20(28)27-10-8-26(9-11-27)19-15-7-6-14(22)13-16(15)23-18(24-19)17-5-4-12-29-17/h4-7,12-13H,8-11H2,1-3H3,(H,25,28). The minimum atomic E-state index is -0.256. The van der Waals surface area contributed by atoms with Crippen molar-refractivity contribution in [1.29, 1.82) is 0 Å². The number of nitrogens with zero attached hydrogens (tertiary/aromatic N) is 4. The Morgan fingerprint density at radius 2 is 1.90 bits per heavy atom. The van der Waals surface area contributed by atoms with Gasteiger partial charge in [0, 0.05) is 42.1 Å². The van der Waals surface area contributed by atoms with Gasteiger partial charge >= 0.3 is 6.03 Å². The van der Waals surface area contributed by atoms with Crippen LogP contribution in [0, 0.1) is 0 Å². The van der Waals surface area contributed by atoms with Crippen LogP contribution in [0.5, 0.6) is 0 Å². The van der Waals surface area contributed by atoms with Crippen LogP contribution in [-0.2, 0) is 0 Å². The lowest BCUT2D eigenvalue weighted by Gasteiger charge is -2.37. The van der Waals surface area contributed by atoms with Gasteiger partial charge in [0.1, 0.15) is 5.82 Å². The van der Waals surface area contributed by atoms with Gasteiger partial charge in [-0.05, 0) is 51.1 Å². The number of halogens is 1. The number of piperazine rings is 1. The Morgan fingerprint density at radius 3 is 2.55 bits per heavy atom. The third-order valence-electron chi connectivity index (χ3n) is 4.73. The number of furan rings is 1. The quantitative estimate of drug-likeness (QED) is 0.682. The Labute approximate surface area is 174 Å². The van der Waals surface area contributed by atoms with Gasteiger partial charge in [-0.1, -0.05) is 11.6 Å². The Kier molecular flexibility index (Phi) is 5.08. The summed E-state index contributed by atoms with van der Waals surface area (Å²) in [6, 6.07) is 9.24. The number of carbonyl (C=O) groups is 1. The summed E-state index contributed by atoms with van der Waals surface area (Å²) in [4.78, 5) is 25.9. The number of urea groups is 1. The second-order valence-electron chi connectivity index (χ2n) is 8.16. The molecule has 1 aliphatic rings. The molecule has 0 radical (unpaired) electrons. The van der Waals surface area contributed by atoms with E-state index in [0.29, 0.717) is 42.8 Å². The van der Waals surface area contributed by atoms with Gasteiger partial charge in [-0.15, -0.1) is 0 Å². The Balaban J connectivity index is 1.62. The normalized spacial score (nSPS) is 15.0. The molecule has 1 saturated heterocycles. The Morgan fingerprint density at radius 1 is 1.14 bits per heavy atom. The number of carbonyl (C=O) groups excluding carboxylic acids is 1. The second-order valence-corrected chi connectivity index (χ2v) is 8.60. The first kappa shape index (κ1) is 19.5. The molecule has 0 saturated carbocycles. The number of aromatic nitrogens is 2. The van der Waals surface area contributed by atoms with Gasteiger partial charge in [0.25, 0.3) is 0 Å². The molecule has 1 fully saturated rings. The molecule has 0 aliphatic carbocycles. The zero-order valence-electron chi connectivity index (χ0n) is 16.8. The first-order valence-corrected chi connectivity index (χ1v) is 10.0. The summed E-state index contributed by atoms with van der Waals surface area (Å²) in [6.45, 7) is 8.56. The van der Waals surface area contributed by atoms with Crippen molar-refractivity contribution in [3.8, 4) is 11.6 Å². The third-order valence-corrected chi connectivity index (χ3v) is 4.96. The Bertz CT molecular complexity index is 1020. The maximum Gasteiger partial charge on any atom is 0.317 e. The van der Waals surface area contributed by atoms with Crippen LogP contribution >= 0.6 is 11.6 Å². The highest BCUT2D eigenvalue weighted by Gasteiger charge is 2.26. The van der Waals surface area contributed by atoms with Crippen molar-refractivity contribution in [2.45, 2.75) is 26.3 Å². The van der Waals surface area contributed by atoms with Crippen LogP contribution in [-0.4, -0.2) is 52.6 Å². The lowest BCUT2D eigenvalue weighted by Crippen LogP contribution is -2.55. The van der Waals surface area contributed by atoms with Crippen molar-refractivity contribution < 1.29 is 9.21 Å². The van der Waals surface area contributed by atoms with E-state index in [1.165, 1.54) is 0 Å². The molecule has 152 valence electrons. The predicted octanol–water partition coefficient (Wildman–Crippen LogP) is 4.17. The molecule has 2 amide bonds. The molecule has 29 heavy (non-hydrogen) atoms. The molecule has 0 unspecified atom stereocenters. The lowest BCUT2D eigenvalue weighted by molar-refractivity contribution is 0.185. The number of amides is 2. The fourth-order valence-corrected chi connectivity index (χ4v) is 3.53. The van der Waals surface area contributed by atoms with E-state index < -0.39 is 0 Å². The molecular weight excluding hydrogens is 390 g/mol. The van der Waals surface area contributed by atoms with Crippen LogP contribution in [0.4, 0.5) is 10.6 Å². The van der Waals surface area contributed by atoms with Gasteiger partial charge in [-0.2, -0.15) is 0 Å². The van der Waals surface area contributed by atoms with E-state index in [9.17, 15) is 4.79 Å². The van der Waals surface area contributed by atoms with E-state index in [-0.39, 0.29) is 11.6 Å². The molecule has 8 heteroatoms. The van der Waals surface area contributed by atoms with Crippen molar-refractivity contribution in [1.82, 2.24) is 20.2 Å². The van der Waals surface area contributed by atoms with E-state index in [1.807, 2.05) is 56.0 Å². The largest absolute Gasteiger partial charge is 0.461 e. The average Bonchev–Trinajstić information content (AvgIpc) is 3.20. The van der Waals surface area contributed by atoms with Crippen LogP contribution in [0.2, 0.25) is 5.02 Å². The molecule has 7 nitrogen and oxygen atoms in total. The minimum absolute atomic E-state index is 0.0345. The molecule has 3 aromatic rings. The summed E-state index contributed by atoms with van der Waals surface area (Å²) in [5.74, 6) is 1.96. The number of rotatable bonds is 2. The van der Waals surface area contributed by atoms with Gasteiger partial charge in [0.15, 0.2) is 11.6 Å². The maximum atomic E-state index is 12.5. The van der Waals surface area contributed by atoms with Gasteiger partial charge in [-0.3, -0.25) is 0 Å². The van der Waals surface area contributed by atoms with Crippen molar-refractivity contribution in [3.05, 3.63) is 41.6 Å². The molecule has 1 aliphatic heterocycles. The SMILES string of the molecule is CC(C)(C)NC(=O)N1CCN(c2nc(-c3ccco3)nc3cc(Cl)ccc23)CC1. The lowest BCUT2D eigenvalue weighted by atomic mass is 10.1. The fraction of sp³-hybridized carbons (Fsp3) is 0.381. The highest BCUT2D eigenvalue weighted by atomic mass is 35.5. The average molecular weight is 414 g/mol. The van der Waals surface area contributed by atoms with E-state index in [4.69, 9.17) is 21.0 Å². The summed E-state index contributed by atoms with van der Waals surface area (Å²) < 4.78 is 5.50. The number of hydrogen-bond donors (Lipinski definition) is 1. The Hall–Kier alpha value is -2.80. The summed E-state index contributed by atoms with van der Waals surface area (Å²) in [6.07, 6.45) is 1.60. The first-order valence-electron chi connectivity index (χ1n) is 9.63. The number of anilines is 1. The van der Waals surface area contributed by atoms with E-state index in [2.05, 4.69) is 15.2 Å². The van der Waals surface area contributed by atoms with Crippen LogP contribution in [0.25, 0.3) is 22.5 Å². The van der Waals surface area contributed by atoms with Gasteiger partial charge in [-0.25, -0.2) is 14.8 Å². The summed E-state index contributed by atoms with van der Waals surface area (Å²) in [7, 11) is 0. The highest BCUT2D eigenvalue weighted by Crippen LogP contribution is 2.30. The van der Waals surface area contributed by atoms with Gasteiger partial charge < -0.3 is 19.5 Å². The molecule has 0 bridgehead atoms. The highest BCUT2D eigenvalue weighted by molar-refractivity contribution is 6.31. The van der Waals surface area contributed by atoms with E-state index in [0.717, 1.165) is 16.7 Å². The molecule has 1 aromatic carbocycles. The molecule has 1 N–H and O–H groups in total. The first-order chi connectivity index (χ1) is 13.8. The van der Waals surface area contributed by atoms with Crippen LogP contribution < -0.4 is 10.2 Å². The van der Waals surface area contributed by atoms with Crippen molar-refractivity contribution in [2.75, 3.05) is 31.1 Å². The fourth-order valence-electron chi connectivity index (χ4n) is 3.36. The zero-order valence-corrected chi connectivity index (χ0v) is 17.5. The number of benzene rings is 1. The van der Waals surface area contributed by atoms with Crippen LogP contribution in [0.1, 0.15) is 20.8 Å². The second kappa shape index (κ2) is 7.55. The molecule has 2 aromatic heterocycles.